The summed E-state index contributed by atoms with van der Waals surface area (Å²) in [4.78, 5) is 23.6. The molecule has 0 fully saturated rings. The van der Waals surface area contributed by atoms with E-state index in [1.807, 2.05) is 31.2 Å². The van der Waals surface area contributed by atoms with Crippen LogP contribution in [0.25, 0.3) is 0 Å². The summed E-state index contributed by atoms with van der Waals surface area (Å²) in [5.41, 5.74) is 6.44. The van der Waals surface area contributed by atoms with Gasteiger partial charge in [-0.1, -0.05) is 12.1 Å². The number of carbonyl (C=O) groups is 2. The number of hydrogen-bond acceptors (Lipinski definition) is 4. The van der Waals surface area contributed by atoms with Crippen molar-refractivity contribution in [2.24, 2.45) is 5.73 Å². The van der Waals surface area contributed by atoms with E-state index in [4.69, 9.17) is 10.5 Å². The SMILES string of the molecule is Cc1cccc(OCCC(=O)N(C=O)CCCN)c1. The van der Waals surface area contributed by atoms with Gasteiger partial charge in [0, 0.05) is 6.54 Å². The Hall–Kier alpha value is -1.88. The van der Waals surface area contributed by atoms with Gasteiger partial charge >= 0.3 is 0 Å². The zero-order chi connectivity index (χ0) is 14.1. The molecule has 1 rings (SSSR count). The summed E-state index contributed by atoms with van der Waals surface area (Å²) in [5, 5.41) is 0. The summed E-state index contributed by atoms with van der Waals surface area (Å²) in [5.74, 6) is 0.489. The standard InChI is InChI=1S/C14H20N2O3/c1-12-4-2-5-13(10-12)19-9-6-14(18)16(11-17)8-3-7-15/h2,4-5,10-11H,3,6-9,15H2,1H3. The number of imide groups is 1. The van der Waals surface area contributed by atoms with Crippen LogP contribution in [0.4, 0.5) is 0 Å². The molecule has 2 amide bonds. The molecule has 0 spiro atoms. The van der Waals surface area contributed by atoms with Crippen LogP contribution in [0.3, 0.4) is 0 Å². The second-order valence-corrected chi connectivity index (χ2v) is 4.25. The average Bonchev–Trinajstić information content (AvgIpc) is 2.39. The molecule has 0 bridgehead atoms. The van der Waals surface area contributed by atoms with Crippen molar-refractivity contribution in [1.82, 2.24) is 4.90 Å². The van der Waals surface area contributed by atoms with Gasteiger partial charge < -0.3 is 10.5 Å². The van der Waals surface area contributed by atoms with Crippen molar-refractivity contribution >= 4 is 12.3 Å². The Kier molecular flexibility index (Phi) is 6.60. The number of benzene rings is 1. The van der Waals surface area contributed by atoms with Crippen molar-refractivity contribution in [3.05, 3.63) is 29.8 Å². The first kappa shape index (κ1) is 15.2. The molecule has 0 radical (unpaired) electrons. The van der Waals surface area contributed by atoms with E-state index < -0.39 is 0 Å². The quantitative estimate of drug-likeness (QED) is 0.714. The van der Waals surface area contributed by atoms with E-state index in [9.17, 15) is 9.59 Å². The van der Waals surface area contributed by atoms with Crippen LogP contribution in [0.15, 0.2) is 24.3 Å². The van der Waals surface area contributed by atoms with Crippen LogP contribution in [0, 0.1) is 6.92 Å². The summed E-state index contributed by atoms with van der Waals surface area (Å²) in [6, 6.07) is 7.60. The lowest BCUT2D eigenvalue weighted by Gasteiger charge is -2.15. The summed E-state index contributed by atoms with van der Waals surface area (Å²) in [6.45, 7) is 3.05. The van der Waals surface area contributed by atoms with Gasteiger partial charge in [-0.3, -0.25) is 14.5 Å². The minimum atomic E-state index is -0.240. The van der Waals surface area contributed by atoms with Crippen LogP contribution < -0.4 is 10.5 Å². The zero-order valence-corrected chi connectivity index (χ0v) is 11.2. The highest BCUT2D eigenvalue weighted by Crippen LogP contribution is 2.12. The molecular formula is C14H20N2O3. The van der Waals surface area contributed by atoms with E-state index in [1.165, 1.54) is 0 Å². The summed E-state index contributed by atoms with van der Waals surface area (Å²) in [7, 11) is 0. The number of nitrogens with two attached hydrogens (primary N) is 1. The molecule has 0 saturated heterocycles. The maximum absolute atomic E-state index is 11.7. The number of ether oxygens (including phenoxy) is 1. The third-order valence-electron chi connectivity index (χ3n) is 2.62. The average molecular weight is 264 g/mol. The van der Waals surface area contributed by atoms with E-state index >= 15 is 0 Å². The molecule has 0 unspecified atom stereocenters. The van der Waals surface area contributed by atoms with E-state index in [0.717, 1.165) is 16.2 Å². The van der Waals surface area contributed by atoms with Crippen LogP contribution in [0.5, 0.6) is 5.75 Å². The largest absolute Gasteiger partial charge is 0.493 e. The lowest BCUT2D eigenvalue weighted by atomic mass is 10.2. The molecular weight excluding hydrogens is 244 g/mol. The van der Waals surface area contributed by atoms with Crippen LogP contribution >= 0.6 is 0 Å². The van der Waals surface area contributed by atoms with E-state index in [0.29, 0.717) is 25.9 Å². The van der Waals surface area contributed by atoms with E-state index in [1.54, 1.807) is 0 Å². The molecule has 0 saturated carbocycles. The molecule has 104 valence electrons. The Morgan fingerprint density at radius 3 is 2.89 bits per heavy atom. The lowest BCUT2D eigenvalue weighted by molar-refractivity contribution is -0.138. The molecule has 19 heavy (non-hydrogen) atoms. The van der Waals surface area contributed by atoms with Gasteiger partial charge in [0.1, 0.15) is 5.75 Å². The smallest absolute Gasteiger partial charge is 0.232 e. The van der Waals surface area contributed by atoms with Crippen LogP contribution in [0.1, 0.15) is 18.4 Å². The van der Waals surface area contributed by atoms with Crippen molar-refractivity contribution in [3.8, 4) is 5.75 Å². The topological polar surface area (TPSA) is 72.6 Å². The maximum Gasteiger partial charge on any atom is 0.232 e. The molecule has 0 heterocycles. The molecule has 5 heteroatoms. The Labute approximate surface area is 113 Å². The van der Waals surface area contributed by atoms with Crippen molar-refractivity contribution in [3.63, 3.8) is 0 Å². The Balaban J connectivity index is 2.35. The van der Waals surface area contributed by atoms with Gasteiger partial charge in [-0.25, -0.2) is 0 Å². The normalized spacial score (nSPS) is 10.0. The van der Waals surface area contributed by atoms with Gasteiger partial charge in [-0.05, 0) is 37.6 Å². The zero-order valence-electron chi connectivity index (χ0n) is 11.2. The number of nitrogens with zero attached hydrogens (tertiary/aromatic N) is 1. The molecule has 0 aliphatic heterocycles. The van der Waals surface area contributed by atoms with Gasteiger partial charge in [0.05, 0.1) is 13.0 Å². The summed E-state index contributed by atoms with van der Waals surface area (Å²) in [6.07, 6.45) is 1.34. The Morgan fingerprint density at radius 2 is 2.26 bits per heavy atom. The van der Waals surface area contributed by atoms with Crippen molar-refractivity contribution in [2.45, 2.75) is 19.8 Å². The number of carbonyl (C=O) groups excluding carboxylic acids is 2. The predicted molar refractivity (Wildman–Crippen MR) is 72.7 cm³/mol. The van der Waals surface area contributed by atoms with E-state index in [-0.39, 0.29) is 18.9 Å². The number of hydrogen-bond donors (Lipinski definition) is 1. The first-order valence-corrected chi connectivity index (χ1v) is 6.31. The molecule has 5 nitrogen and oxygen atoms in total. The van der Waals surface area contributed by atoms with Crippen molar-refractivity contribution in [1.29, 1.82) is 0 Å². The van der Waals surface area contributed by atoms with Crippen LogP contribution in [0.2, 0.25) is 0 Å². The monoisotopic (exact) mass is 264 g/mol. The molecule has 0 atom stereocenters. The Morgan fingerprint density at radius 1 is 1.47 bits per heavy atom. The minimum absolute atomic E-state index is 0.178. The highest BCUT2D eigenvalue weighted by Gasteiger charge is 2.11. The highest BCUT2D eigenvalue weighted by atomic mass is 16.5. The lowest BCUT2D eigenvalue weighted by Crippen LogP contribution is -2.32. The predicted octanol–water partition coefficient (Wildman–Crippen LogP) is 1.10. The first-order valence-electron chi connectivity index (χ1n) is 6.31. The maximum atomic E-state index is 11.7. The molecule has 2 N–H and O–H groups in total. The number of amides is 2. The molecule has 0 aliphatic rings. The third kappa shape index (κ3) is 5.52. The molecule has 0 aromatic heterocycles. The molecule has 1 aromatic carbocycles. The van der Waals surface area contributed by atoms with Crippen molar-refractivity contribution in [2.75, 3.05) is 19.7 Å². The fraction of sp³-hybridized carbons (Fsp3) is 0.429. The first-order chi connectivity index (χ1) is 9.17. The van der Waals surface area contributed by atoms with Crippen LogP contribution in [-0.2, 0) is 9.59 Å². The Bertz CT molecular complexity index is 421. The van der Waals surface area contributed by atoms with Gasteiger partial charge in [-0.15, -0.1) is 0 Å². The van der Waals surface area contributed by atoms with Gasteiger partial charge in [-0.2, -0.15) is 0 Å². The summed E-state index contributed by atoms with van der Waals surface area (Å²) < 4.78 is 5.47. The number of aryl methyl sites for hydroxylation is 1. The highest BCUT2D eigenvalue weighted by molar-refractivity contribution is 5.86. The summed E-state index contributed by atoms with van der Waals surface area (Å²) >= 11 is 0. The van der Waals surface area contributed by atoms with Crippen LogP contribution in [-0.4, -0.2) is 36.9 Å². The second kappa shape index (κ2) is 8.26. The van der Waals surface area contributed by atoms with Gasteiger partial charge in [0.2, 0.25) is 12.3 Å². The second-order valence-electron chi connectivity index (χ2n) is 4.25. The fourth-order valence-corrected chi connectivity index (χ4v) is 1.60. The van der Waals surface area contributed by atoms with Gasteiger partial charge in [0.25, 0.3) is 0 Å². The van der Waals surface area contributed by atoms with E-state index in [2.05, 4.69) is 0 Å². The molecule has 0 aliphatic carbocycles. The minimum Gasteiger partial charge on any atom is -0.493 e. The molecule has 1 aromatic rings. The van der Waals surface area contributed by atoms with Crippen molar-refractivity contribution < 1.29 is 14.3 Å². The number of rotatable bonds is 8. The fourth-order valence-electron chi connectivity index (χ4n) is 1.60. The van der Waals surface area contributed by atoms with Gasteiger partial charge in [0.15, 0.2) is 0 Å². The third-order valence-corrected chi connectivity index (χ3v) is 2.62.